The first-order chi connectivity index (χ1) is 9.20. The molecular weight excluding hydrogens is 240 g/mol. The minimum absolute atomic E-state index is 0.114. The number of hydrogen-bond donors (Lipinski definition) is 3. The van der Waals surface area contributed by atoms with E-state index in [0.717, 1.165) is 38.8 Å². The van der Waals surface area contributed by atoms with Gasteiger partial charge in [-0.05, 0) is 57.5 Å². The molecule has 0 radical (unpaired) electrons. The van der Waals surface area contributed by atoms with E-state index >= 15 is 0 Å². The quantitative estimate of drug-likeness (QED) is 0.655. The highest BCUT2D eigenvalue weighted by Gasteiger charge is 2.38. The lowest BCUT2D eigenvalue weighted by Crippen LogP contribution is -2.52. The number of carbonyl (C=O) groups excluding carboxylic acids is 1. The Hall–Kier alpha value is -0.870. The number of carbonyl (C=O) groups is 1. The first-order valence-corrected chi connectivity index (χ1v) is 7.50. The lowest BCUT2D eigenvalue weighted by molar-refractivity contribution is -0.123. The van der Waals surface area contributed by atoms with Crippen molar-refractivity contribution in [2.45, 2.75) is 51.2 Å². The first kappa shape index (κ1) is 14.5. The van der Waals surface area contributed by atoms with E-state index in [2.05, 4.69) is 10.6 Å². The van der Waals surface area contributed by atoms with Crippen molar-refractivity contribution in [1.29, 1.82) is 0 Å². The maximum atomic E-state index is 11.9. The van der Waals surface area contributed by atoms with Gasteiger partial charge in [0.2, 0.25) is 5.91 Å². The molecule has 0 aromatic rings. The van der Waals surface area contributed by atoms with Crippen LogP contribution in [-0.2, 0) is 4.79 Å². The van der Waals surface area contributed by atoms with Crippen molar-refractivity contribution in [3.8, 4) is 0 Å². The largest absolute Gasteiger partial charge is 0.393 e. The first-order valence-electron chi connectivity index (χ1n) is 7.50. The number of allylic oxidation sites excluding steroid dienone is 1. The van der Waals surface area contributed by atoms with Gasteiger partial charge in [0.15, 0.2) is 0 Å². The third-order valence-electron chi connectivity index (χ3n) is 4.42. The Morgan fingerprint density at radius 3 is 2.63 bits per heavy atom. The summed E-state index contributed by atoms with van der Waals surface area (Å²) < 4.78 is 0. The molecule has 2 rings (SSSR count). The Morgan fingerprint density at radius 1 is 1.37 bits per heavy atom. The number of piperidine rings is 1. The molecular formula is C15H26N2O2. The topological polar surface area (TPSA) is 61.4 Å². The predicted octanol–water partition coefficient (Wildman–Crippen LogP) is 1.21. The third kappa shape index (κ3) is 4.05. The van der Waals surface area contributed by atoms with Crippen molar-refractivity contribution in [3.05, 3.63) is 12.2 Å². The molecule has 0 bridgehead atoms. The van der Waals surface area contributed by atoms with Crippen LogP contribution in [0, 0.1) is 11.8 Å². The van der Waals surface area contributed by atoms with Crippen molar-refractivity contribution in [1.82, 2.24) is 10.6 Å². The fraction of sp³-hybridized carbons (Fsp3) is 0.800. The highest BCUT2D eigenvalue weighted by Crippen LogP contribution is 2.35. The summed E-state index contributed by atoms with van der Waals surface area (Å²) in [5.74, 6) is 1.14. The Kier molecular flexibility index (Phi) is 5.40. The Labute approximate surface area is 115 Å². The summed E-state index contributed by atoms with van der Waals surface area (Å²) in [7, 11) is 0. The Morgan fingerprint density at radius 2 is 2.05 bits per heavy atom. The minimum Gasteiger partial charge on any atom is -0.393 e. The minimum atomic E-state index is -0.151. The van der Waals surface area contributed by atoms with Crippen LogP contribution in [0.25, 0.3) is 0 Å². The standard InChI is InChI=1S/C15H26N2O2/c1-2-3-4-14(19)17-15(12-9-13(18)10-12)11-5-7-16-8-6-11/h2-3,11-13,15-16,18H,4-10H2,1H3,(H,17,19)/b3-2+. The fourth-order valence-electron chi connectivity index (χ4n) is 3.22. The van der Waals surface area contributed by atoms with Crippen molar-refractivity contribution >= 4 is 5.91 Å². The molecule has 0 aromatic heterocycles. The molecule has 1 amide bonds. The van der Waals surface area contributed by atoms with E-state index in [1.54, 1.807) is 0 Å². The molecule has 1 aliphatic carbocycles. The number of nitrogens with one attached hydrogen (secondary N) is 2. The smallest absolute Gasteiger partial charge is 0.224 e. The van der Waals surface area contributed by atoms with Crippen LogP contribution in [-0.4, -0.2) is 36.2 Å². The second-order valence-corrected chi connectivity index (χ2v) is 5.84. The van der Waals surface area contributed by atoms with E-state index in [1.807, 2.05) is 19.1 Å². The molecule has 1 unspecified atom stereocenters. The van der Waals surface area contributed by atoms with Gasteiger partial charge in [-0.2, -0.15) is 0 Å². The van der Waals surface area contributed by atoms with Crippen molar-refractivity contribution < 1.29 is 9.90 Å². The van der Waals surface area contributed by atoms with Crippen LogP contribution in [0.5, 0.6) is 0 Å². The van der Waals surface area contributed by atoms with E-state index in [1.165, 1.54) is 0 Å². The molecule has 108 valence electrons. The third-order valence-corrected chi connectivity index (χ3v) is 4.42. The molecule has 2 aliphatic rings. The molecule has 0 spiro atoms. The number of amides is 1. The summed E-state index contributed by atoms with van der Waals surface area (Å²) in [5.41, 5.74) is 0. The van der Waals surface area contributed by atoms with Crippen LogP contribution in [0.15, 0.2) is 12.2 Å². The van der Waals surface area contributed by atoms with Crippen LogP contribution < -0.4 is 10.6 Å². The van der Waals surface area contributed by atoms with Crippen molar-refractivity contribution in [2.24, 2.45) is 11.8 Å². The Bertz CT molecular complexity index is 318. The Balaban J connectivity index is 1.91. The SMILES string of the molecule is C/C=C/CC(=O)NC(C1CCNCC1)C1CC(O)C1. The fourth-order valence-corrected chi connectivity index (χ4v) is 3.22. The molecule has 1 heterocycles. The van der Waals surface area contributed by atoms with Gasteiger partial charge in [0.1, 0.15) is 0 Å². The van der Waals surface area contributed by atoms with Gasteiger partial charge in [-0.15, -0.1) is 0 Å². The second kappa shape index (κ2) is 7.06. The number of rotatable bonds is 5. The van der Waals surface area contributed by atoms with E-state index < -0.39 is 0 Å². The molecule has 2 fully saturated rings. The van der Waals surface area contributed by atoms with E-state index in [9.17, 15) is 9.90 Å². The average molecular weight is 266 g/mol. The number of hydrogen-bond acceptors (Lipinski definition) is 3. The average Bonchev–Trinajstić information content (AvgIpc) is 2.40. The van der Waals surface area contributed by atoms with Gasteiger partial charge in [-0.1, -0.05) is 12.2 Å². The lowest BCUT2D eigenvalue weighted by Gasteiger charge is -2.43. The summed E-state index contributed by atoms with van der Waals surface area (Å²) in [6.45, 7) is 4.02. The van der Waals surface area contributed by atoms with Crippen LogP contribution in [0.1, 0.15) is 39.0 Å². The van der Waals surface area contributed by atoms with E-state index in [4.69, 9.17) is 0 Å². The van der Waals surface area contributed by atoms with E-state index in [0.29, 0.717) is 18.3 Å². The van der Waals surface area contributed by atoms with Crippen molar-refractivity contribution in [2.75, 3.05) is 13.1 Å². The second-order valence-electron chi connectivity index (χ2n) is 5.84. The zero-order valence-electron chi connectivity index (χ0n) is 11.8. The molecule has 1 atom stereocenters. The van der Waals surface area contributed by atoms with Gasteiger partial charge < -0.3 is 15.7 Å². The van der Waals surface area contributed by atoms with Crippen LogP contribution in [0.2, 0.25) is 0 Å². The molecule has 4 nitrogen and oxygen atoms in total. The summed E-state index contributed by atoms with van der Waals surface area (Å²) in [6, 6.07) is 0.253. The monoisotopic (exact) mass is 266 g/mol. The highest BCUT2D eigenvalue weighted by molar-refractivity contribution is 5.77. The maximum absolute atomic E-state index is 11.9. The molecule has 0 aromatic carbocycles. The van der Waals surface area contributed by atoms with Crippen LogP contribution >= 0.6 is 0 Å². The van der Waals surface area contributed by atoms with Gasteiger partial charge in [0, 0.05) is 12.5 Å². The summed E-state index contributed by atoms with van der Waals surface area (Å²) in [6.07, 6.45) is 8.06. The molecule has 4 heteroatoms. The van der Waals surface area contributed by atoms with Gasteiger partial charge in [0.05, 0.1) is 6.10 Å². The zero-order valence-corrected chi connectivity index (χ0v) is 11.8. The molecule has 1 saturated heterocycles. The van der Waals surface area contributed by atoms with Gasteiger partial charge in [-0.25, -0.2) is 0 Å². The normalized spacial score (nSPS) is 30.0. The van der Waals surface area contributed by atoms with Crippen LogP contribution in [0.4, 0.5) is 0 Å². The van der Waals surface area contributed by atoms with Gasteiger partial charge in [0.25, 0.3) is 0 Å². The van der Waals surface area contributed by atoms with Gasteiger partial charge in [-0.3, -0.25) is 4.79 Å². The molecule has 3 N–H and O–H groups in total. The molecule has 1 aliphatic heterocycles. The summed E-state index contributed by atoms with van der Waals surface area (Å²) >= 11 is 0. The lowest BCUT2D eigenvalue weighted by atomic mass is 9.71. The molecule has 1 saturated carbocycles. The van der Waals surface area contributed by atoms with Crippen LogP contribution in [0.3, 0.4) is 0 Å². The summed E-state index contributed by atoms with van der Waals surface area (Å²) in [4.78, 5) is 11.9. The number of aliphatic hydroxyl groups is 1. The number of aliphatic hydroxyl groups excluding tert-OH is 1. The predicted molar refractivity (Wildman–Crippen MR) is 75.7 cm³/mol. The summed E-state index contributed by atoms with van der Waals surface area (Å²) in [5, 5.41) is 16.1. The zero-order chi connectivity index (χ0) is 13.7. The van der Waals surface area contributed by atoms with Gasteiger partial charge >= 0.3 is 0 Å². The highest BCUT2D eigenvalue weighted by atomic mass is 16.3. The molecule has 19 heavy (non-hydrogen) atoms. The maximum Gasteiger partial charge on any atom is 0.224 e. The van der Waals surface area contributed by atoms with Crippen molar-refractivity contribution in [3.63, 3.8) is 0 Å². The van der Waals surface area contributed by atoms with E-state index in [-0.39, 0.29) is 18.1 Å².